The van der Waals surface area contributed by atoms with E-state index in [2.05, 4.69) is 24.3 Å². The fourth-order valence-corrected chi connectivity index (χ4v) is 1.64. The molecule has 4 heteroatoms. The predicted octanol–water partition coefficient (Wildman–Crippen LogP) is 2.03. The minimum Gasteiger partial charge on any atom is -0.508 e. The van der Waals surface area contributed by atoms with Gasteiger partial charge in [-0.3, -0.25) is 0 Å². The second-order valence-electron chi connectivity index (χ2n) is 3.35. The van der Waals surface area contributed by atoms with Gasteiger partial charge in [-0.1, -0.05) is 18.2 Å². The number of benzene rings is 2. The Hall–Kier alpha value is -1.81. The molecule has 0 heterocycles. The molecule has 1 aromatic rings. The van der Waals surface area contributed by atoms with E-state index < -0.39 is 10.7 Å². The quantitative estimate of drug-likeness (QED) is 0.633. The topological polar surface area (TPSA) is 54.4 Å². The number of hydrogen-bond donors (Lipinski definition) is 2. The standard InChI is InChI=1S/C6H6O3S.C6H4/c7-5-1-3-6(4-2-5)10(8)9;1-2-5-4-6(5)3-1/h1-4,7,10H;1-4H. The van der Waals surface area contributed by atoms with Gasteiger partial charge in [0.1, 0.15) is 5.75 Å². The van der Waals surface area contributed by atoms with Gasteiger partial charge in [-0.05, 0) is 41.5 Å². The van der Waals surface area contributed by atoms with E-state index in [1.54, 1.807) is 0 Å². The first-order chi connectivity index (χ1) is 7.66. The summed E-state index contributed by atoms with van der Waals surface area (Å²) in [6.07, 6.45) is 0. The van der Waals surface area contributed by atoms with Crippen LogP contribution in [0.2, 0.25) is 0 Å². The molecule has 1 N–H and O–H groups in total. The highest BCUT2D eigenvalue weighted by Gasteiger charge is 2.06. The monoisotopic (exact) mass is 234 g/mol. The molecule has 0 fully saturated rings. The molecule has 0 saturated heterocycles. The van der Waals surface area contributed by atoms with Crippen LogP contribution in [0.25, 0.3) is 11.1 Å². The van der Waals surface area contributed by atoms with E-state index >= 15 is 0 Å². The number of thiol groups is 1. The minimum absolute atomic E-state index is 0.0700. The SMILES string of the molecule is O=[SH](=O)c1ccc(O)cc1.c1cc2cc-2c1. The molecule has 0 unspecified atom stereocenters. The summed E-state index contributed by atoms with van der Waals surface area (Å²) in [5.74, 6) is 0.0700. The average Bonchev–Trinajstić information content (AvgIpc) is 2.87. The first-order valence-electron chi connectivity index (χ1n) is 4.71. The molecule has 0 aliphatic heterocycles. The highest BCUT2D eigenvalue weighted by molar-refractivity contribution is 7.72. The van der Waals surface area contributed by atoms with Gasteiger partial charge in [-0.2, -0.15) is 0 Å². The van der Waals surface area contributed by atoms with E-state index in [0.717, 1.165) is 0 Å². The predicted molar refractivity (Wildman–Crippen MR) is 62.1 cm³/mol. The smallest absolute Gasteiger partial charge is 0.168 e. The number of phenols is 1. The third-order valence-corrected chi connectivity index (χ3v) is 2.89. The van der Waals surface area contributed by atoms with Gasteiger partial charge < -0.3 is 5.11 Å². The molecular formula is C12H10O3S. The molecule has 3 rings (SSSR count). The molecular weight excluding hydrogens is 224 g/mol. The van der Waals surface area contributed by atoms with E-state index in [9.17, 15) is 8.42 Å². The van der Waals surface area contributed by atoms with Crippen molar-refractivity contribution in [2.45, 2.75) is 4.90 Å². The Kier molecular flexibility index (Phi) is 2.92. The fraction of sp³-hybridized carbons (Fsp3) is 0. The molecule has 0 bridgehead atoms. The normalized spacial score (nSPS) is 10.6. The lowest BCUT2D eigenvalue weighted by atomic mass is 10.3. The minimum atomic E-state index is -2.52. The van der Waals surface area contributed by atoms with Crippen LogP contribution in [0.3, 0.4) is 0 Å². The Morgan fingerprint density at radius 3 is 1.75 bits per heavy atom. The molecule has 16 heavy (non-hydrogen) atoms. The first-order valence-corrected chi connectivity index (χ1v) is 5.88. The van der Waals surface area contributed by atoms with Gasteiger partial charge in [-0.25, -0.2) is 8.42 Å². The van der Waals surface area contributed by atoms with Crippen molar-refractivity contribution in [3.8, 4) is 16.9 Å². The van der Waals surface area contributed by atoms with Crippen molar-refractivity contribution in [3.05, 3.63) is 48.5 Å². The van der Waals surface area contributed by atoms with E-state index in [4.69, 9.17) is 5.11 Å². The van der Waals surface area contributed by atoms with Crippen LogP contribution in [0.1, 0.15) is 0 Å². The highest BCUT2D eigenvalue weighted by Crippen LogP contribution is 2.32. The summed E-state index contributed by atoms with van der Waals surface area (Å²) in [6.45, 7) is 0. The lowest BCUT2D eigenvalue weighted by Gasteiger charge is -1.89. The lowest BCUT2D eigenvalue weighted by molar-refractivity contribution is 0.475. The maximum absolute atomic E-state index is 10.3. The van der Waals surface area contributed by atoms with Gasteiger partial charge in [0.2, 0.25) is 0 Å². The molecule has 0 atom stereocenters. The largest absolute Gasteiger partial charge is 0.508 e. The Balaban J connectivity index is 0.000000134. The molecule has 0 amide bonds. The summed E-state index contributed by atoms with van der Waals surface area (Å²) >= 11 is 0. The molecule has 3 nitrogen and oxygen atoms in total. The van der Waals surface area contributed by atoms with Crippen molar-refractivity contribution in [1.29, 1.82) is 0 Å². The van der Waals surface area contributed by atoms with Crippen molar-refractivity contribution in [2.75, 3.05) is 0 Å². The van der Waals surface area contributed by atoms with Crippen LogP contribution < -0.4 is 0 Å². The number of hydrogen-bond acceptors (Lipinski definition) is 3. The van der Waals surface area contributed by atoms with Crippen molar-refractivity contribution >= 4 is 10.7 Å². The average molecular weight is 234 g/mol. The van der Waals surface area contributed by atoms with Gasteiger partial charge in [0.15, 0.2) is 10.7 Å². The molecule has 2 aliphatic rings. The van der Waals surface area contributed by atoms with Gasteiger partial charge in [0.05, 0.1) is 4.90 Å². The second kappa shape index (κ2) is 4.37. The first kappa shape index (κ1) is 10.7. The Morgan fingerprint density at radius 2 is 1.44 bits per heavy atom. The van der Waals surface area contributed by atoms with Crippen LogP contribution in [0.4, 0.5) is 0 Å². The van der Waals surface area contributed by atoms with Crippen LogP contribution >= 0.6 is 0 Å². The zero-order chi connectivity index (χ0) is 11.5. The zero-order valence-electron chi connectivity index (χ0n) is 8.33. The second-order valence-corrected chi connectivity index (χ2v) is 4.38. The number of fused-ring (bicyclic) bond motifs is 1. The van der Waals surface area contributed by atoms with Gasteiger partial charge in [-0.15, -0.1) is 0 Å². The van der Waals surface area contributed by atoms with Crippen LogP contribution in [-0.2, 0) is 10.7 Å². The fourth-order valence-electron chi connectivity index (χ4n) is 1.25. The van der Waals surface area contributed by atoms with E-state index in [0.29, 0.717) is 0 Å². The summed E-state index contributed by atoms with van der Waals surface area (Å²) in [5.41, 5.74) is 2.85. The van der Waals surface area contributed by atoms with Crippen LogP contribution in [0, 0.1) is 0 Å². The zero-order valence-corrected chi connectivity index (χ0v) is 9.22. The van der Waals surface area contributed by atoms with Crippen LogP contribution in [0.15, 0.2) is 53.4 Å². The van der Waals surface area contributed by atoms with Crippen LogP contribution in [-0.4, -0.2) is 13.5 Å². The number of aromatic hydroxyl groups is 1. The summed E-state index contributed by atoms with van der Waals surface area (Å²) in [5, 5.41) is 8.74. The molecule has 82 valence electrons. The molecule has 0 saturated carbocycles. The Labute approximate surface area is 94.9 Å². The Bertz CT molecular complexity index is 546. The van der Waals surface area contributed by atoms with Crippen LogP contribution in [0.5, 0.6) is 5.75 Å². The molecule has 0 aromatic heterocycles. The van der Waals surface area contributed by atoms with Crippen molar-refractivity contribution in [1.82, 2.24) is 0 Å². The maximum Gasteiger partial charge on any atom is 0.168 e. The maximum atomic E-state index is 10.3. The summed E-state index contributed by atoms with van der Waals surface area (Å²) in [4.78, 5) is 0.216. The van der Waals surface area contributed by atoms with Gasteiger partial charge >= 0.3 is 0 Å². The lowest BCUT2D eigenvalue weighted by Crippen LogP contribution is -1.76. The van der Waals surface area contributed by atoms with Crippen molar-refractivity contribution < 1.29 is 13.5 Å². The van der Waals surface area contributed by atoms with E-state index in [1.165, 1.54) is 35.4 Å². The number of rotatable bonds is 1. The molecule has 2 aliphatic carbocycles. The summed E-state index contributed by atoms with van der Waals surface area (Å²) < 4.78 is 20.5. The molecule has 0 spiro atoms. The third-order valence-electron chi connectivity index (χ3n) is 2.17. The van der Waals surface area contributed by atoms with Gasteiger partial charge in [0.25, 0.3) is 0 Å². The summed E-state index contributed by atoms with van der Waals surface area (Å²) in [6, 6.07) is 13.8. The Morgan fingerprint density at radius 1 is 0.875 bits per heavy atom. The summed E-state index contributed by atoms with van der Waals surface area (Å²) in [7, 11) is -2.52. The van der Waals surface area contributed by atoms with E-state index in [-0.39, 0.29) is 10.6 Å². The molecule has 0 radical (unpaired) electrons. The number of phenolic OH excluding ortho intramolecular Hbond substituents is 1. The van der Waals surface area contributed by atoms with Crippen molar-refractivity contribution in [3.63, 3.8) is 0 Å². The highest BCUT2D eigenvalue weighted by atomic mass is 32.2. The van der Waals surface area contributed by atoms with E-state index in [1.807, 2.05) is 0 Å². The van der Waals surface area contributed by atoms with Gasteiger partial charge in [0, 0.05) is 0 Å². The van der Waals surface area contributed by atoms with Crippen molar-refractivity contribution in [2.24, 2.45) is 0 Å². The molecule has 1 aromatic carbocycles. The third kappa shape index (κ3) is 2.61.